The van der Waals surface area contributed by atoms with Crippen molar-refractivity contribution >= 4 is 13.7 Å². The van der Waals surface area contributed by atoms with Crippen LogP contribution in [0.1, 0.15) is 303 Å². The maximum atomic E-state index is 13.0. The van der Waals surface area contributed by atoms with Crippen LogP contribution in [0.25, 0.3) is 0 Å². The number of carbonyl (C=O) groups is 1. The summed E-state index contributed by atoms with van der Waals surface area (Å²) in [6, 6.07) is -0.912. The molecule has 0 spiro atoms. The Morgan fingerprint density at radius 3 is 1.16 bits per heavy atom. The van der Waals surface area contributed by atoms with Crippen molar-refractivity contribution in [3.63, 3.8) is 0 Å². The summed E-state index contributed by atoms with van der Waals surface area (Å²) < 4.78 is 23.4. The predicted octanol–water partition coefficient (Wildman–Crippen LogP) is 19.4. The molecular weight excluding hydrogens is 948 g/mol. The van der Waals surface area contributed by atoms with Gasteiger partial charge in [-0.1, -0.05) is 280 Å². The van der Waals surface area contributed by atoms with Crippen molar-refractivity contribution in [2.45, 2.75) is 315 Å². The Kier molecular flexibility index (Phi) is 55.5. The van der Waals surface area contributed by atoms with E-state index in [0.717, 1.165) is 51.4 Å². The van der Waals surface area contributed by atoms with Gasteiger partial charge in [0, 0.05) is 6.42 Å². The number of hydrogen-bond acceptors (Lipinski definition) is 6. The number of rotatable bonds is 59. The zero-order valence-electron chi connectivity index (χ0n) is 50.3. The fourth-order valence-electron chi connectivity index (χ4n) is 9.39. The monoisotopic (exact) mass is 1070 g/mol. The molecule has 0 heterocycles. The minimum absolute atomic E-state index is 0.00949. The highest BCUT2D eigenvalue weighted by Crippen LogP contribution is 2.38. The van der Waals surface area contributed by atoms with E-state index in [0.29, 0.717) is 17.4 Å². The van der Waals surface area contributed by atoms with Gasteiger partial charge in [-0.25, -0.2) is 0 Å². The van der Waals surface area contributed by atoms with Crippen molar-refractivity contribution < 1.29 is 32.9 Å². The van der Waals surface area contributed by atoms with Gasteiger partial charge in [-0.05, 0) is 77.0 Å². The Morgan fingerprint density at radius 2 is 0.787 bits per heavy atom. The van der Waals surface area contributed by atoms with Gasteiger partial charge >= 0.3 is 0 Å². The van der Waals surface area contributed by atoms with Crippen molar-refractivity contribution in [1.29, 1.82) is 0 Å². The molecule has 1 amide bonds. The molecule has 3 unspecified atom stereocenters. The summed E-state index contributed by atoms with van der Waals surface area (Å²) in [5.74, 6) is -0.209. The minimum atomic E-state index is -4.61. The second-order valence-electron chi connectivity index (χ2n) is 23.1. The average molecular weight is 1070 g/mol. The normalized spacial score (nSPS) is 14.2. The summed E-state index contributed by atoms with van der Waals surface area (Å²) in [7, 11) is 1.24. The molecule has 0 saturated heterocycles. The molecule has 440 valence electrons. The quantitative estimate of drug-likeness (QED) is 0.0272. The van der Waals surface area contributed by atoms with Crippen LogP contribution in [-0.2, 0) is 18.4 Å². The zero-order chi connectivity index (χ0) is 54.9. The van der Waals surface area contributed by atoms with Gasteiger partial charge in [0.15, 0.2) is 0 Å². The third-order valence-corrected chi connectivity index (χ3v) is 15.4. The first-order valence-corrected chi connectivity index (χ1v) is 33.6. The molecule has 75 heavy (non-hydrogen) atoms. The number of quaternary nitrogens is 1. The van der Waals surface area contributed by atoms with E-state index in [1.165, 1.54) is 231 Å². The molecule has 9 heteroatoms. The first-order valence-electron chi connectivity index (χ1n) is 32.2. The van der Waals surface area contributed by atoms with Crippen LogP contribution in [0, 0.1) is 0 Å². The van der Waals surface area contributed by atoms with E-state index in [1.54, 1.807) is 6.08 Å². The molecule has 0 aliphatic rings. The molecule has 2 N–H and O–H groups in total. The van der Waals surface area contributed by atoms with E-state index in [1.807, 2.05) is 27.2 Å². The maximum absolute atomic E-state index is 13.0. The number of likely N-dealkylation sites (N-methyl/N-ethyl adjacent to an activating group) is 1. The fourth-order valence-corrected chi connectivity index (χ4v) is 10.1. The van der Waals surface area contributed by atoms with Crippen molar-refractivity contribution in [2.24, 2.45) is 0 Å². The van der Waals surface area contributed by atoms with Crippen molar-refractivity contribution in [2.75, 3.05) is 40.9 Å². The number of hydrogen-bond donors (Lipinski definition) is 2. The van der Waals surface area contributed by atoms with Crippen LogP contribution in [-0.4, -0.2) is 68.5 Å². The van der Waals surface area contributed by atoms with Gasteiger partial charge in [-0.15, -0.1) is 0 Å². The smallest absolute Gasteiger partial charge is 0.268 e. The third-order valence-electron chi connectivity index (χ3n) is 14.4. The molecule has 0 rings (SSSR count). The summed E-state index contributed by atoms with van der Waals surface area (Å²) in [5, 5.41) is 13.9. The number of nitrogens with one attached hydrogen (secondary N) is 1. The van der Waals surface area contributed by atoms with Crippen molar-refractivity contribution in [1.82, 2.24) is 5.32 Å². The Labute approximate surface area is 466 Å². The van der Waals surface area contributed by atoms with Crippen molar-refractivity contribution in [3.05, 3.63) is 60.8 Å². The minimum Gasteiger partial charge on any atom is -0.756 e. The maximum Gasteiger partial charge on any atom is 0.268 e. The lowest BCUT2D eigenvalue weighted by molar-refractivity contribution is -0.870. The fraction of sp³-hybridized carbons (Fsp3) is 0.833. The molecule has 0 aliphatic heterocycles. The highest BCUT2D eigenvalue weighted by molar-refractivity contribution is 7.45. The number of aliphatic hydroxyl groups excluding tert-OH is 1. The van der Waals surface area contributed by atoms with E-state index in [4.69, 9.17) is 9.05 Å². The van der Waals surface area contributed by atoms with Crippen LogP contribution in [0.2, 0.25) is 0 Å². The highest BCUT2D eigenvalue weighted by atomic mass is 31.2. The molecule has 3 atom stereocenters. The molecule has 0 fully saturated rings. The number of phosphoric ester groups is 1. The molecule has 0 bridgehead atoms. The molecular formula is C66H125N2O6P. The summed E-state index contributed by atoms with van der Waals surface area (Å²) in [4.78, 5) is 25.5. The van der Waals surface area contributed by atoms with Gasteiger partial charge < -0.3 is 28.8 Å². The van der Waals surface area contributed by atoms with Gasteiger partial charge in [-0.3, -0.25) is 9.36 Å². The molecule has 0 radical (unpaired) electrons. The molecule has 0 aliphatic carbocycles. The van der Waals surface area contributed by atoms with Crippen LogP contribution in [0.4, 0.5) is 0 Å². The van der Waals surface area contributed by atoms with Crippen LogP contribution >= 0.6 is 7.82 Å². The Balaban J connectivity index is 4.11. The second kappa shape index (κ2) is 56.9. The van der Waals surface area contributed by atoms with Gasteiger partial charge in [-0.2, -0.15) is 0 Å². The number of amides is 1. The number of allylic oxidation sites excluding steroid dienone is 9. The van der Waals surface area contributed by atoms with Gasteiger partial charge in [0.2, 0.25) is 5.91 Å². The first kappa shape index (κ1) is 73.2. The lowest BCUT2D eigenvalue weighted by Gasteiger charge is -2.29. The van der Waals surface area contributed by atoms with Crippen LogP contribution in [0.5, 0.6) is 0 Å². The zero-order valence-corrected chi connectivity index (χ0v) is 51.1. The van der Waals surface area contributed by atoms with Crippen LogP contribution < -0.4 is 10.2 Å². The lowest BCUT2D eigenvalue weighted by Crippen LogP contribution is -2.45. The Hall–Kier alpha value is -1.80. The Bertz CT molecular complexity index is 1400. The summed E-state index contributed by atoms with van der Waals surface area (Å²) in [6.45, 7) is 4.65. The van der Waals surface area contributed by atoms with Gasteiger partial charge in [0.25, 0.3) is 7.82 Å². The molecule has 0 saturated carbocycles. The van der Waals surface area contributed by atoms with E-state index in [9.17, 15) is 19.4 Å². The number of carbonyl (C=O) groups excluding carboxylic acids is 1. The number of phosphoric acid groups is 1. The van der Waals surface area contributed by atoms with Gasteiger partial charge in [0.1, 0.15) is 13.2 Å². The topological polar surface area (TPSA) is 108 Å². The number of unbranched alkanes of at least 4 members (excludes halogenated alkanes) is 38. The lowest BCUT2D eigenvalue weighted by atomic mass is 10.0. The largest absolute Gasteiger partial charge is 0.756 e. The average Bonchev–Trinajstić information content (AvgIpc) is 3.37. The molecule has 0 aromatic carbocycles. The van der Waals surface area contributed by atoms with Crippen LogP contribution in [0.15, 0.2) is 60.8 Å². The molecule has 8 nitrogen and oxygen atoms in total. The summed E-state index contributed by atoms with van der Waals surface area (Å²) in [5.41, 5.74) is 0. The van der Waals surface area contributed by atoms with Gasteiger partial charge in [0.05, 0.1) is 39.9 Å². The van der Waals surface area contributed by atoms with E-state index < -0.39 is 26.6 Å². The highest BCUT2D eigenvalue weighted by Gasteiger charge is 2.23. The van der Waals surface area contributed by atoms with E-state index in [2.05, 4.69) is 67.8 Å². The SMILES string of the molecule is CCCCCCCCCCC/C=C\C/C=C\CCCCCCCCCCCCCCCCCCCC(=O)NC(COP(=O)([O-])OCC[N+](C)(C)C)C(O)/C=C/CC/C=C/CC/C=C/CCCCCCCCCCCC. The summed E-state index contributed by atoms with van der Waals surface area (Å²) >= 11 is 0. The standard InChI is InChI=1S/C66H125N2O6P/c1-6-8-10-12-14-16-18-20-22-24-26-28-29-30-31-32-33-34-35-36-37-38-39-40-42-44-46-48-50-52-54-56-58-60-66(70)67-64(63-74-75(71,72)73-62-61-68(3,4)5)65(69)59-57-55-53-51-49-47-45-43-41-27-25-23-21-19-17-15-13-11-9-7-2/h26,28,30-31,41,43,49,51,57,59,64-65,69H,6-25,27,29,32-40,42,44-48,50,52-56,58,60-63H2,1-5H3,(H-,67,70,71,72)/b28-26-,31-30-,43-41+,51-49+,59-57+. The molecule has 0 aromatic rings. The van der Waals surface area contributed by atoms with Crippen LogP contribution in [0.3, 0.4) is 0 Å². The van der Waals surface area contributed by atoms with E-state index >= 15 is 0 Å². The van der Waals surface area contributed by atoms with Crippen molar-refractivity contribution in [3.8, 4) is 0 Å². The predicted molar refractivity (Wildman–Crippen MR) is 325 cm³/mol. The number of aliphatic hydroxyl groups is 1. The third kappa shape index (κ3) is 59.7. The Morgan fingerprint density at radius 1 is 0.467 bits per heavy atom. The summed E-state index contributed by atoms with van der Waals surface area (Å²) in [6.07, 6.45) is 77.6. The first-order chi connectivity index (χ1) is 36.5. The molecule has 0 aromatic heterocycles. The van der Waals surface area contributed by atoms with E-state index in [-0.39, 0.29) is 12.5 Å². The second-order valence-corrected chi connectivity index (χ2v) is 24.5. The number of nitrogens with zero attached hydrogens (tertiary/aromatic N) is 1.